The van der Waals surface area contributed by atoms with Gasteiger partial charge in [-0.15, -0.1) is 0 Å². The molecule has 0 aromatic heterocycles. The zero-order valence-electron chi connectivity index (χ0n) is 26.7. The minimum Gasteiger partial charge on any atom is -0.273 e. The van der Waals surface area contributed by atoms with Gasteiger partial charge in [0.05, 0.1) is 23.4 Å². The second kappa shape index (κ2) is 14.0. The zero-order valence-corrected chi connectivity index (χ0v) is 29.8. The summed E-state index contributed by atoms with van der Waals surface area (Å²) >= 11 is 12.6. The van der Waals surface area contributed by atoms with Crippen LogP contribution >= 0.6 is 23.2 Å². The van der Waals surface area contributed by atoms with Gasteiger partial charge in [-0.1, -0.05) is 105 Å². The van der Waals surface area contributed by atoms with Gasteiger partial charge in [-0.3, -0.25) is 8.37 Å². The summed E-state index contributed by atoms with van der Waals surface area (Å²) < 4.78 is 60.0. The fraction of sp³-hybridized carbons (Fsp3) is 0.278. The summed E-state index contributed by atoms with van der Waals surface area (Å²) in [5, 5.41) is 1.16. The van der Waals surface area contributed by atoms with Crippen molar-refractivity contribution in [2.45, 2.75) is 50.7 Å². The maximum Gasteiger partial charge on any atom is 0.296 e. The number of hydrogen-bond acceptors (Lipinski definition) is 6. The molecule has 0 bridgehead atoms. The van der Waals surface area contributed by atoms with E-state index < -0.39 is 25.0 Å². The summed E-state index contributed by atoms with van der Waals surface area (Å²) in [6, 6.07) is 29.2. The molecule has 0 spiro atoms. The van der Waals surface area contributed by atoms with Crippen molar-refractivity contribution in [3.63, 3.8) is 0 Å². The highest BCUT2D eigenvalue weighted by atomic mass is 35.5. The van der Waals surface area contributed by atoms with Gasteiger partial charge < -0.3 is 0 Å². The second-order valence-corrected chi connectivity index (χ2v) is 17.7. The molecule has 0 heterocycles. The van der Waals surface area contributed by atoms with Gasteiger partial charge >= 0.3 is 0 Å². The molecule has 0 aliphatic heterocycles. The molecule has 10 heteroatoms. The van der Waals surface area contributed by atoms with Gasteiger partial charge in [0.2, 0.25) is 0 Å². The van der Waals surface area contributed by atoms with E-state index in [9.17, 15) is 16.8 Å². The number of benzene rings is 4. The van der Waals surface area contributed by atoms with Crippen molar-refractivity contribution < 1.29 is 25.2 Å². The van der Waals surface area contributed by atoms with Crippen molar-refractivity contribution >= 4 is 54.6 Å². The lowest BCUT2D eigenvalue weighted by Crippen LogP contribution is -2.35. The number of rotatable bonds is 11. The van der Waals surface area contributed by atoms with Crippen LogP contribution in [0.1, 0.15) is 62.4 Å². The first kappa shape index (κ1) is 35.9. The van der Waals surface area contributed by atoms with Gasteiger partial charge in [0.25, 0.3) is 20.2 Å². The van der Waals surface area contributed by atoms with Crippen molar-refractivity contribution in [3.05, 3.63) is 135 Å². The lowest BCUT2D eigenvalue weighted by molar-refractivity contribution is 0.203. The van der Waals surface area contributed by atoms with Crippen LogP contribution in [0.2, 0.25) is 10.0 Å². The first-order valence-corrected chi connectivity index (χ1v) is 18.2. The SMILES string of the molecule is COS(=O)(=O)C(C)(C)Cc1ccc(C(=C(c2ccc(Cl)cc2)c2ccc(S(=O)(=O)OCC(C)(C)C)cc2)c2ccc(Cl)cc2)cc1. The van der Waals surface area contributed by atoms with Crippen LogP contribution < -0.4 is 0 Å². The van der Waals surface area contributed by atoms with Crippen LogP contribution in [0.4, 0.5) is 0 Å². The molecule has 0 atom stereocenters. The molecule has 244 valence electrons. The van der Waals surface area contributed by atoms with Crippen LogP contribution in [0.15, 0.2) is 102 Å². The summed E-state index contributed by atoms with van der Waals surface area (Å²) in [7, 11) is -6.57. The Morgan fingerprint density at radius 3 is 1.35 bits per heavy atom. The highest BCUT2D eigenvalue weighted by Crippen LogP contribution is 2.38. The Morgan fingerprint density at radius 2 is 0.978 bits per heavy atom. The van der Waals surface area contributed by atoms with Crippen LogP contribution in [-0.2, 0) is 35.0 Å². The van der Waals surface area contributed by atoms with Gasteiger partial charge in [-0.05, 0) is 101 Å². The van der Waals surface area contributed by atoms with E-state index in [-0.39, 0.29) is 23.3 Å². The quantitative estimate of drug-likeness (QED) is 0.115. The van der Waals surface area contributed by atoms with Crippen LogP contribution in [0.3, 0.4) is 0 Å². The van der Waals surface area contributed by atoms with E-state index in [1.807, 2.05) is 81.4 Å². The molecule has 4 rings (SSSR count). The predicted molar refractivity (Wildman–Crippen MR) is 187 cm³/mol. The Morgan fingerprint density at radius 1 is 0.609 bits per heavy atom. The third-order valence-electron chi connectivity index (χ3n) is 7.36. The second-order valence-electron chi connectivity index (χ2n) is 12.8. The van der Waals surface area contributed by atoms with Gasteiger partial charge in [0.15, 0.2) is 0 Å². The molecule has 0 aliphatic carbocycles. The summed E-state index contributed by atoms with van der Waals surface area (Å²) in [6.45, 7) is 9.04. The fourth-order valence-corrected chi connectivity index (χ4v) is 7.01. The smallest absolute Gasteiger partial charge is 0.273 e. The van der Waals surface area contributed by atoms with Crippen molar-refractivity contribution in [2.75, 3.05) is 13.7 Å². The van der Waals surface area contributed by atoms with E-state index in [0.29, 0.717) is 10.0 Å². The monoisotopic (exact) mass is 700 g/mol. The third kappa shape index (κ3) is 8.68. The van der Waals surface area contributed by atoms with Crippen LogP contribution in [0.5, 0.6) is 0 Å². The van der Waals surface area contributed by atoms with Crippen LogP contribution in [0, 0.1) is 5.41 Å². The predicted octanol–water partition coefficient (Wildman–Crippen LogP) is 9.05. The standard InChI is InChI=1S/C36H38Cl2O6S2/c1-35(2,3)24-44-45(39,40)32-21-15-29(16-22-32)34(28-13-19-31(38)20-14-28)33(27-11-17-30(37)18-12-27)26-9-7-25(8-10-26)23-36(4,5)46(41,42)43-6/h7-22H,23-24H2,1-6H3. The van der Waals surface area contributed by atoms with Crippen LogP contribution in [0.25, 0.3) is 11.1 Å². The highest BCUT2D eigenvalue weighted by Gasteiger charge is 2.34. The molecule has 0 N–H and O–H groups in total. The molecular weight excluding hydrogens is 663 g/mol. The van der Waals surface area contributed by atoms with Gasteiger partial charge in [-0.2, -0.15) is 16.8 Å². The van der Waals surface area contributed by atoms with Crippen molar-refractivity contribution in [1.29, 1.82) is 0 Å². The molecule has 0 radical (unpaired) electrons. The van der Waals surface area contributed by atoms with Crippen molar-refractivity contribution in [3.8, 4) is 0 Å². The minimum atomic E-state index is -3.97. The Hall–Kier alpha value is -2.98. The Kier molecular flexibility index (Phi) is 10.9. The van der Waals surface area contributed by atoms with E-state index in [1.165, 1.54) is 7.11 Å². The summed E-state index contributed by atoms with van der Waals surface area (Å²) in [6.07, 6.45) is 0.251. The summed E-state index contributed by atoms with van der Waals surface area (Å²) in [5.41, 5.74) is 5.52. The van der Waals surface area contributed by atoms with E-state index in [4.69, 9.17) is 31.6 Å². The van der Waals surface area contributed by atoms with Gasteiger partial charge in [-0.25, -0.2) is 0 Å². The van der Waals surface area contributed by atoms with Gasteiger partial charge in [0, 0.05) is 10.0 Å². The van der Waals surface area contributed by atoms with E-state index >= 15 is 0 Å². The normalized spacial score (nSPS) is 13.4. The largest absolute Gasteiger partial charge is 0.296 e. The van der Waals surface area contributed by atoms with E-state index in [0.717, 1.165) is 39.0 Å². The average molecular weight is 702 g/mol. The molecule has 0 amide bonds. The Bertz CT molecular complexity index is 1910. The first-order chi connectivity index (χ1) is 21.4. The molecule has 0 saturated carbocycles. The maximum absolute atomic E-state index is 13.0. The molecule has 46 heavy (non-hydrogen) atoms. The summed E-state index contributed by atoms with van der Waals surface area (Å²) in [5.74, 6) is 0. The van der Waals surface area contributed by atoms with E-state index in [1.54, 1.807) is 50.2 Å². The lowest BCUT2D eigenvalue weighted by Gasteiger charge is -2.23. The van der Waals surface area contributed by atoms with Crippen molar-refractivity contribution in [2.24, 2.45) is 5.41 Å². The molecule has 4 aromatic carbocycles. The Labute approximate surface area is 283 Å². The van der Waals surface area contributed by atoms with Crippen LogP contribution in [-0.4, -0.2) is 35.3 Å². The fourth-order valence-electron chi connectivity index (χ4n) is 4.85. The molecule has 4 aromatic rings. The molecule has 0 fully saturated rings. The molecule has 0 unspecified atom stereocenters. The number of halogens is 2. The van der Waals surface area contributed by atoms with Crippen molar-refractivity contribution in [1.82, 2.24) is 0 Å². The third-order valence-corrected chi connectivity index (χ3v) is 11.1. The molecule has 0 aliphatic rings. The zero-order chi connectivity index (χ0) is 33.9. The Balaban J connectivity index is 1.91. The van der Waals surface area contributed by atoms with Gasteiger partial charge in [0.1, 0.15) is 0 Å². The molecule has 6 nitrogen and oxygen atoms in total. The van der Waals surface area contributed by atoms with E-state index in [2.05, 4.69) is 0 Å². The minimum absolute atomic E-state index is 0.0539. The first-order valence-electron chi connectivity index (χ1n) is 14.6. The maximum atomic E-state index is 13.0. The lowest BCUT2D eigenvalue weighted by atomic mass is 9.85. The topological polar surface area (TPSA) is 86.7 Å². The average Bonchev–Trinajstić information content (AvgIpc) is 3.00. The molecular formula is C36H38Cl2O6S2. The highest BCUT2D eigenvalue weighted by molar-refractivity contribution is 7.88. The molecule has 0 saturated heterocycles. The summed E-state index contributed by atoms with van der Waals surface area (Å²) in [4.78, 5) is 0.0574. The number of hydrogen-bond donors (Lipinski definition) is 0.